The van der Waals surface area contributed by atoms with Crippen molar-refractivity contribution in [1.29, 1.82) is 0 Å². The quantitative estimate of drug-likeness (QED) is 0.445. The molecule has 1 aromatic carbocycles. The van der Waals surface area contributed by atoms with Crippen molar-refractivity contribution in [2.45, 2.75) is 17.1 Å². The Kier molecular flexibility index (Phi) is 4.62. The van der Waals surface area contributed by atoms with Crippen LogP contribution in [-0.4, -0.2) is 23.2 Å². The molecule has 0 spiro atoms. The molecule has 0 amide bonds. The van der Waals surface area contributed by atoms with Crippen molar-refractivity contribution in [3.63, 3.8) is 0 Å². The SMILES string of the molecule is C[C@H](Sc1ccc2c(c1)OCCO2)c1nc2scc(-c3cccs3)c2c(=O)[nH]1. The van der Waals surface area contributed by atoms with Crippen molar-refractivity contribution in [2.75, 3.05) is 13.2 Å². The Balaban J connectivity index is 1.45. The topological polar surface area (TPSA) is 64.2 Å². The molecule has 0 unspecified atom stereocenters. The number of fused-ring (bicyclic) bond motifs is 2. The number of benzene rings is 1. The lowest BCUT2D eigenvalue weighted by atomic mass is 10.2. The van der Waals surface area contributed by atoms with Gasteiger partial charge in [-0.05, 0) is 36.6 Å². The van der Waals surface area contributed by atoms with Crippen LogP contribution in [0.3, 0.4) is 0 Å². The van der Waals surface area contributed by atoms with Gasteiger partial charge in [0.05, 0.1) is 10.6 Å². The highest BCUT2D eigenvalue weighted by molar-refractivity contribution is 7.99. The number of hydrogen-bond acceptors (Lipinski definition) is 7. The molecular weight excluding hydrogens is 412 g/mol. The second kappa shape index (κ2) is 7.27. The monoisotopic (exact) mass is 428 g/mol. The zero-order valence-electron chi connectivity index (χ0n) is 14.9. The molecular formula is C20H16N2O3S3. The number of aromatic nitrogens is 2. The number of ether oxygens (including phenoxy) is 2. The molecule has 1 aliphatic heterocycles. The van der Waals surface area contributed by atoms with Gasteiger partial charge in [-0.2, -0.15) is 0 Å². The van der Waals surface area contributed by atoms with E-state index < -0.39 is 0 Å². The van der Waals surface area contributed by atoms with Gasteiger partial charge >= 0.3 is 0 Å². The van der Waals surface area contributed by atoms with Gasteiger partial charge in [0.15, 0.2) is 11.5 Å². The van der Waals surface area contributed by atoms with Gasteiger partial charge in [-0.1, -0.05) is 6.07 Å². The molecule has 5 nitrogen and oxygen atoms in total. The minimum atomic E-state index is -0.0840. The van der Waals surface area contributed by atoms with Crippen LogP contribution in [0.15, 0.2) is 50.8 Å². The van der Waals surface area contributed by atoms with Crippen molar-refractivity contribution in [2.24, 2.45) is 0 Å². The minimum absolute atomic E-state index is 0.00746. The zero-order chi connectivity index (χ0) is 19.1. The summed E-state index contributed by atoms with van der Waals surface area (Å²) in [6.45, 7) is 3.18. The maximum atomic E-state index is 12.8. The highest BCUT2D eigenvalue weighted by atomic mass is 32.2. The maximum absolute atomic E-state index is 12.8. The van der Waals surface area contributed by atoms with Crippen LogP contribution in [0.25, 0.3) is 20.7 Å². The number of H-pyrrole nitrogens is 1. The van der Waals surface area contributed by atoms with Crippen LogP contribution in [-0.2, 0) is 0 Å². The lowest BCUT2D eigenvalue weighted by Crippen LogP contribution is -2.15. The van der Waals surface area contributed by atoms with Crippen molar-refractivity contribution in [3.05, 3.63) is 57.3 Å². The summed E-state index contributed by atoms with van der Waals surface area (Å²) in [5.74, 6) is 2.21. The molecule has 3 aromatic heterocycles. The van der Waals surface area contributed by atoms with Gasteiger partial charge in [0, 0.05) is 20.7 Å². The van der Waals surface area contributed by atoms with Crippen LogP contribution in [0.2, 0.25) is 0 Å². The van der Waals surface area contributed by atoms with E-state index in [-0.39, 0.29) is 10.8 Å². The third kappa shape index (κ3) is 3.21. The van der Waals surface area contributed by atoms with Crippen molar-refractivity contribution >= 4 is 44.7 Å². The smallest absolute Gasteiger partial charge is 0.260 e. The Hall–Kier alpha value is -2.29. The Morgan fingerprint density at radius 2 is 2.04 bits per heavy atom. The maximum Gasteiger partial charge on any atom is 0.260 e. The Labute approximate surface area is 173 Å². The number of hydrogen-bond donors (Lipinski definition) is 1. The summed E-state index contributed by atoms with van der Waals surface area (Å²) in [5.41, 5.74) is 0.877. The fraction of sp³-hybridized carbons (Fsp3) is 0.200. The molecule has 8 heteroatoms. The predicted octanol–water partition coefficient (Wildman–Crippen LogP) is 5.34. The Morgan fingerprint density at radius 3 is 2.86 bits per heavy atom. The molecule has 0 aliphatic carbocycles. The summed E-state index contributed by atoms with van der Waals surface area (Å²) in [5, 5.41) is 4.70. The second-order valence-corrected chi connectivity index (χ2v) is 9.54. The molecule has 0 bridgehead atoms. The number of thioether (sulfide) groups is 1. The third-order valence-corrected chi connectivity index (χ3v) is 7.34. The van der Waals surface area contributed by atoms with Crippen LogP contribution in [0, 0.1) is 0 Å². The van der Waals surface area contributed by atoms with E-state index in [1.165, 1.54) is 11.3 Å². The highest BCUT2D eigenvalue weighted by Crippen LogP contribution is 2.40. The van der Waals surface area contributed by atoms with Crippen molar-refractivity contribution in [3.8, 4) is 21.9 Å². The van der Waals surface area contributed by atoms with Gasteiger partial charge in [0.25, 0.3) is 5.56 Å². The molecule has 0 saturated heterocycles. The van der Waals surface area contributed by atoms with Gasteiger partial charge in [-0.15, -0.1) is 34.4 Å². The van der Waals surface area contributed by atoms with Crippen LogP contribution in [0.1, 0.15) is 18.0 Å². The number of nitrogens with zero attached hydrogens (tertiary/aromatic N) is 1. The fourth-order valence-corrected chi connectivity index (χ4v) is 5.85. The molecule has 0 fully saturated rings. The van der Waals surface area contributed by atoms with Crippen LogP contribution < -0.4 is 15.0 Å². The van der Waals surface area contributed by atoms with Gasteiger partial charge in [0.2, 0.25) is 0 Å². The van der Waals surface area contributed by atoms with E-state index in [0.717, 1.165) is 31.7 Å². The van der Waals surface area contributed by atoms with Crippen LogP contribution >= 0.6 is 34.4 Å². The fourth-order valence-electron chi connectivity index (χ4n) is 3.13. The molecule has 4 aromatic rings. The first-order valence-corrected chi connectivity index (χ1v) is 11.4. The van der Waals surface area contributed by atoms with Gasteiger partial charge in [0.1, 0.15) is 23.9 Å². The summed E-state index contributed by atoms with van der Waals surface area (Å²) in [7, 11) is 0. The van der Waals surface area contributed by atoms with Gasteiger partial charge in [-0.3, -0.25) is 4.79 Å². The molecule has 28 heavy (non-hydrogen) atoms. The van der Waals surface area contributed by atoms with E-state index in [4.69, 9.17) is 14.5 Å². The standard InChI is InChI=1S/C20H16N2O3S3/c1-11(28-12-4-5-14-15(9-12)25-7-6-24-14)18-21-19(23)17-13(10-27-20(17)22-18)16-3-2-8-26-16/h2-5,8-11H,6-7H2,1H3,(H,21,22,23)/t11-/m0/s1. The molecule has 0 saturated carbocycles. The van der Waals surface area contributed by atoms with Crippen molar-refractivity contribution < 1.29 is 9.47 Å². The lowest BCUT2D eigenvalue weighted by molar-refractivity contribution is 0.171. The second-order valence-electron chi connectivity index (χ2n) is 6.32. The van der Waals surface area contributed by atoms with E-state index in [2.05, 4.69) is 4.98 Å². The largest absolute Gasteiger partial charge is 0.486 e. The van der Waals surface area contributed by atoms with E-state index in [1.54, 1.807) is 23.1 Å². The van der Waals surface area contributed by atoms with Crippen LogP contribution in [0.5, 0.6) is 11.5 Å². The molecule has 1 aliphatic rings. The number of rotatable bonds is 4. The summed E-state index contributed by atoms with van der Waals surface area (Å²) in [6, 6.07) is 9.93. The first-order valence-electron chi connectivity index (χ1n) is 8.80. The van der Waals surface area contributed by atoms with Crippen molar-refractivity contribution in [1.82, 2.24) is 9.97 Å². The zero-order valence-corrected chi connectivity index (χ0v) is 17.4. The molecule has 142 valence electrons. The van der Waals surface area contributed by atoms with E-state index in [9.17, 15) is 4.79 Å². The van der Waals surface area contributed by atoms with Crippen LogP contribution in [0.4, 0.5) is 0 Å². The first kappa shape index (κ1) is 17.8. The normalized spacial score (nSPS) is 14.3. The summed E-state index contributed by atoms with van der Waals surface area (Å²) < 4.78 is 11.2. The van der Waals surface area contributed by atoms with E-state index in [0.29, 0.717) is 24.4 Å². The number of aromatic amines is 1. The average Bonchev–Trinajstić information content (AvgIpc) is 3.37. The van der Waals surface area contributed by atoms with Gasteiger partial charge in [-0.25, -0.2) is 4.98 Å². The predicted molar refractivity (Wildman–Crippen MR) is 115 cm³/mol. The first-order chi connectivity index (χ1) is 13.7. The molecule has 4 heterocycles. The minimum Gasteiger partial charge on any atom is -0.486 e. The average molecular weight is 429 g/mol. The lowest BCUT2D eigenvalue weighted by Gasteiger charge is -2.19. The van der Waals surface area contributed by atoms with E-state index in [1.807, 2.05) is 48.0 Å². The number of nitrogens with one attached hydrogen (secondary N) is 1. The van der Waals surface area contributed by atoms with Gasteiger partial charge < -0.3 is 14.5 Å². The summed E-state index contributed by atoms with van der Waals surface area (Å²) >= 11 is 4.77. The highest BCUT2D eigenvalue weighted by Gasteiger charge is 2.18. The molecule has 0 radical (unpaired) electrons. The summed E-state index contributed by atoms with van der Waals surface area (Å²) in [4.78, 5) is 23.4. The van der Waals surface area contributed by atoms with E-state index >= 15 is 0 Å². The molecule has 5 rings (SSSR count). The number of thiophene rings is 2. The molecule has 1 atom stereocenters. The summed E-state index contributed by atoms with van der Waals surface area (Å²) in [6.07, 6.45) is 0. The third-order valence-electron chi connectivity index (χ3n) is 4.46. The Morgan fingerprint density at radius 1 is 1.18 bits per heavy atom. The molecule has 1 N–H and O–H groups in total. The Bertz CT molecular complexity index is 1200.